The normalized spacial score (nSPS) is 12.6. The van der Waals surface area contributed by atoms with E-state index >= 15 is 0 Å². The van der Waals surface area contributed by atoms with E-state index in [1.165, 1.54) is 23.5 Å². The topological polar surface area (TPSA) is 78.4 Å². The lowest BCUT2D eigenvalue weighted by atomic mass is 10.4. The van der Waals surface area contributed by atoms with E-state index in [0.717, 1.165) is 4.88 Å². The molecule has 3 rings (SSSR count). The zero-order valence-corrected chi connectivity index (χ0v) is 14.3. The Balaban J connectivity index is 1.61. The van der Waals surface area contributed by atoms with Crippen molar-refractivity contribution in [3.05, 3.63) is 52.0 Å². The van der Waals surface area contributed by atoms with Crippen LogP contribution in [-0.4, -0.2) is 16.2 Å². The third-order valence-corrected chi connectivity index (χ3v) is 4.08. The van der Waals surface area contributed by atoms with E-state index in [1.807, 2.05) is 17.5 Å². The van der Waals surface area contributed by atoms with Gasteiger partial charge in [-0.25, -0.2) is 4.79 Å². The second-order valence-electron chi connectivity index (χ2n) is 4.48. The zero-order valence-electron chi connectivity index (χ0n) is 11.9. The maximum atomic E-state index is 11.8. The van der Waals surface area contributed by atoms with Gasteiger partial charge in [-0.3, -0.25) is 0 Å². The average Bonchev–Trinajstić information content (AvgIpc) is 3.26. The number of ether oxygens (including phenoxy) is 1. The van der Waals surface area contributed by atoms with Crippen LogP contribution in [0.2, 0.25) is 0 Å². The van der Waals surface area contributed by atoms with Gasteiger partial charge in [0, 0.05) is 6.08 Å². The third kappa shape index (κ3) is 3.96. The Hall–Kier alpha value is -2.19. The number of esters is 1. The molecular weight excluding hydrogens is 384 g/mol. The van der Waals surface area contributed by atoms with Crippen LogP contribution < -0.4 is 0 Å². The smallest absolute Gasteiger partial charge is 0.331 e. The molecular formula is C15H11BrN2O4S. The van der Waals surface area contributed by atoms with Crippen molar-refractivity contribution < 1.29 is 18.4 Å². The molecule has 3 aromatic heterocycles. The van der Waals surface area contributed by atoms with Gasteiger partial charge in [0.2, 0.25) is 0 Å². The molecule has 0 unspecified atom stereocenters. The van der Waals surface area contributed by atoms with Crippen LogP contribution >= 0.6 is 27.3 Å². The summed E-state index contributed by atoms with van der Waals surface area (Å²) in [5.74, 6) is 0.671. The first-order valence-corrected chi connectivity index (χ1v) is 8.30. The van der Waals surface area contributed by atoms with E-state index in [1.54, 1.807) is 19.1 Å². The number of halogens is 1. The van der Waals surface area contributed by atoms with Gasteiger partial charge in [-0.15, -0.1) is 21.5 Å². The van der Waals surface area contributed by atoms with Crippen LogP contribution in [0, 0.1) is 0 Å². The predicted molar refractivity (Wildman–Crippen MR) is 87.6 cm³/mol. The van der Waals surface area contributed by atoms with Crippen LogP contribution in [0.15, 0.2) is 49.2 Å². The van der Waals surface area contributed by atoms with Crippen LogP contribution in [0.1, 0.15) is 24.7 Å². The van der Waals surface area contributed by atoms with Gasteiger partial charge in [0.15, 0.2) is 10.8 Å². The lowest BCUT2D eigenvalue weighted by molar-refractivity contribution is -0.143. The fraction of sp³-hybridized carbons (Fsp3) is 0.133. The Morgan fingerprint density at radius 3 is 2.91 bits per heavy atom. The molecule has 8 heteroatoms. The first-order chi connectivity index (χ1) is 11.1. The van der Waals surface area contributed by atoms with Crippen LogP contribution in [0.4, 0.5) is 0 Å². The first-order valence-electron chi connectivity index (χ1n) is 6.63. The highest BCUT2D eigenvalue weighted by atomic mass is 79.9. The molecule has 0 amide bonds. The summed E-state index contributed by atoms with van der Waals surface area (Å²) in [5.41, 5.74) is 0. The molecule has 0 aliphatic rings. The van der Waals surface area contributed by atoms with Crippen molar-refractivity contribution in [1.82, 2.24) is 10.2 Å². The number of rotatable bonds is 5. The number of nitrogens with zero attached hydrogens (tertiary/aromatic N) is 2. The van der Waals surface area contributed by atoms with Crippen molar-refractivity contribution in [3.8, 4) is 10.8 Å². The number of carbonyl (C=O) groups is 1. The number of furan rings is 1. The molecule has 0 N–H and O–H groups in total. The molecule has 1 atom stereocenters. The van der Waals surface area contributed by atoms with E-state index < -0.39 is 12.1 Å². The number of hydrogen-bond donors (Lipinski definition) is 0. The van der Waals surface area contributed by atoms with Gasteiger partial charge in [0.1, 0.15) is 5.76 Å². The van der Waals surface area contributed by atoms with Crippen molar-refractivity contribution in [2.75, 3.05) is 0 Å². The minimum Gasteiger partial charge on any atom is -0.450 e. The maximum Gasteiger partial charge on any atom is 0.331 e. The van der Waals surface area contributed by atoms with Crippen molar-refractivity contribution in [1.29, 1.82) is 0 Å². The van der Waals surface area contributed by atoms with Crippen LogP contribution in [0.5, 0.6) is 0 Å². The van der Waals surface area contributed by atoms with E-state index in [-0.39, 0.29) is 5.89 Å². The monoisotopic (exact) mass is 394 g/mol. The zero-order chi connectivity index (χ0) is 16.2. The van der Waals surface area contributed by atoms with Gasteiger partial charge < -0.3 is 13.6 Å². The highest BCUT2D eigenvalue weighted by Gasteiger charge is 2.18. The Morgan fingerprint density at radius 1 is 1.35 bits per heavy atom. The summed E-state index contributed by atoms with van der Waals surface area (Å²) in [4.78, 5) is 12.7. The largest absolute Gasteiger partial charge is 0.450 e. The van der Waals surface area contributed by atoms with Gasteiger partial charge in [-0.1, -0.05) is 6.07 Å². The molecule has 0 saturated carbocycles. The SMILES string of the molecule is C[C@H](OC(=O)/C=C/c1ccc(Br)o1)c1nnc(-c2cccs2)o1. The lowest BCUT2D eigenvalue weighted by Crippen LogP contribution is -2.06. The van der Waals surface area contributed by atoms with Crippen LogP contribution in [0.25, 0.3) is 16.8 Å². The number of aromatic nitrogens is 2. The molecule has 0 aliphatic carbocycles. The molecule has 0 spiro atoms. The summed E-state index contributed by atoms with van der Waals surface area (Å²) in [6.07, 6.45) is 2.15. The van der Waals surface area contributed by atoms with Gasteiger partial charge >= 0.3 is 5.97 Å². The second-order valence-corrected chi connectivity index (χ2v) is 6.21. The third-order valence-electron chi connectivity index (χ3n) is 2.79. The van der Waals surface area contributed by atoms with E-state index in [2.05, 4.69) is 26.1 Å². The molecule has 0 fully saturated rings. The Labute approximate surface area is 143 Å². The van der Waals surface area contributed by atoms with E-state index in [0.29, 0.717) is 16.3 Å². The fourth-order valence-corrected chi connectivity index (χ4v) is 2.69. The van der Waals surface area contributed by atoms with Crippen molar-refractivity contribution in [2.24, 2.45) is 0 Å². The Kier molecular flexibility index (Phi) is 4.73. The molecule has 3 heterocycles. The van der Waals surface area contributed by atoms with Crippen LogP contribution in [0.3, 0.4) is 0 Å². The second kappa shape index (κ2) is 6.93. The summed E-state index contributed by atoms with van der Waals surface area (Å²) in [5, 5.41) is 9.78. The maximum absolute atomic E-state index is 11.8. The summed E-state index contributed by atoms with van der Waals surface area (Å²) in [6, 6.07) is 7.23. The van der Waals surface area contributed by atoms with Crippen molar-refractivity contribution in [3.63, 3.8) is 0 Å². The minimum atomic E-state index is -0.642. The van der Waals surface area contributed by atoms with E-state index in [9.17, 15) is 4.79 Å². The van der Waals surface area contributed by atoms with Gasteiger partial charge in [-0.2, -0.15) is 0 Å². The molecule has 0 aromatic carbocycles. The molecule has 23 heavy (non-hydrogen) atoms. The molecule has 118 valence electrons. The summed E-state index contributed by atoms with van der Waals surface area (Å²) in [7, 11) is 0. The minimum absolute atomic E-state index is 0.246. The molecule has 0 radical (unpaired) electrons. The summed E-state index contributed by atoms with van der Waals surface area (Å²) < 4.78 is 16.6. The number of hydrogen-bond acceptors (Lipinski definition) is 7. The molecule has 0 bridgehead atoms. The van der Waals surface area contributed by atoms with Gasteiger partial charge in [0.05, 0.1) is 4.88 Å². The average molecular weight is 395 g/mol. The van der Waals surface area contributed by atoms with Crippen molar-refractivity contribution >= 4 is 39.3 Å². The highest BCUT2D eigenvalue weighted by molar-refractivity contribution is 9.10. The molecule has 3 aromatic rings. The fourth-order valence-electron chi connectivity index (χ4n) is 1.73. The highest BCUT2D eigenvalue weighted by Crippen LogP contribution is 2.25. The van der Waals surface area contributed by atoms with Crippen molar-refractivity contribution in [2.45, 2.75) is 13.0 Å². The first kappa shape index (κ1) is 15.7. The van der Waals surface area contributed by atoms with Gasteiger partial charge in [0.25, 0.3) is 11.8 Å². The predicted octanol–water partition coefficient (Wildman–Crippen LogP) is 4.47. The number of thiophene rings is 1. The Morgan fingerprint density at radius 2 is 2.22 bits per heavy atom. The van der Waals surface area contributed by atoms with Gasteiger partial charge in [-0.05, 0) is 52.5 Å². The summed E-state index contributed by atoms with van der Waals surface area (Å²) >= 11 is 4.68. The number of carbonyl (C=O) groups excluding carboxylic acids is 1. The van der Waals surface area contributed by atoms with E-state index in [4.69, 9.17) is 13.6 Å². The Bertz CT molecular complexity index is 822. The summed E-state index contributed by atoms with van der Waals surface area (Å²) in [6.45, 7) is 1.67. The molecule has 0 aliphatic heterocycles. The van der Waals surface area contributed by atoms with Crippen LogP contribution in [-0.2, 0) is 9.53 Å². The molecule has 6 nitrogen and oxygen atoms in total. The standard InChI is InChI=1S/C15H11BrN2O4S/c1-9(14-17-18-15(22-14)11-3-2-8-23-11)20-13(19)7-5-10-4-6-12(16)21-10/h2-9H,1H3/b7-5+/t9-/m0/s1. The quantitative estimate of drug-likeness (QED) is 0.469. The molecule has 0 saturated heterocycles. The lowest BCUT2D eigenvalue weighted by Gasteiger charge is -2.06.